The third kappa shape index (κ3) is 3.91. The van der Waals surface area contributed by atoms with Crippen LogP contribution < -0.4 is 5.32 Å². The standard InChI is InChI=1S/C23H23ClN4O2/c1-3-30-23(29)22-20(16-6-8-17(24)9-7-16)21-19(5-4-10-26-21)28(22)12-11-25-18-13-15(2)27-14-18/h4-10,13-14,25,27H,3,11-12H2,1-2H3. The summed E-state index contributed by atoms with van der Waals surface area (Å²) in [7, 11) is 0. The number of H-pyrrole nitrogens is 1. The Morgan fingerprint density at radius 3 is 2.77 bits per heavy atom. The first-order chi connectivity index (χ1) is 14.6. The Balaban J connectivity index is 1.80. The molecule has 6 nitrogen and oxygen atoms in total. The third-order valence-electron chi connectivity index (χ3n) is 4.91. The Hall–Kier alpha value is -3.25. The summed E-state index contributed by atoms with van der Waals surface area (Å²) in [6, 6.07) is 13.3. The van der Waals surface area contributed by atoms with E-state index < -0.39 is 0 Å². The molecule has 7 heteroatoms. The van der Waals surface area contributed by atoms with Crippen LogP contribution in [0.25, 0.3) is 22.2 Å². The van der Waals surface area contributed by atoms with Crippen molar-refractivity contribution in [2.75, 3.05) is 18.5 Å². The van der Waals surface area contributed by atoms with E-state index in [2.05, 4.69) is 15.3 Å². The summed E-state index contributed by atoms with van der Waals surface area (Å²) in [4.78, 5) is 20.8. The summed E-state index contributed by atoms with van der Waals surface area (Å²) >= 11 is 6.08. The van der Waals surface area contributed by atoms with Gasteiger partial charge in [-0.3, -0.25) is 4.98 Å². The molecule has 2 N–H and O–H groups in total. The number of esters is 1. The first kappa shape index (κ1) is 20.0. The minimum atomic E-state index is -0.363. The van der Waals surface area contributed by atoms with Gasteiger partial charge in [0.1, 0.15) is 5.69 Å². The van der Waals surface area contributed by atoms with Gasteiger partial charge in [-0.05, 0) is 49.7 Å². The van der Waals surface area contributed by atoms with Crippen LogP contribution in [0.15, 0.2) is 54.9 Å². The third-order valence-corrected chi connectivity index (χ3v) is 5.17. The van der Waals surface area contributed by atoms with E-state index in [9.17, 15) is 4.79 Å². The van der Waals surface area contributed by atoms with E-state index >= 15 is 0 Å². The number of benzene rings is 1. The number of pyridine rings is 1. The summed E-state index contributed by atoms with van der Waals surface area (Å²) in [5.74, 6) is -0.363. The van der Waals surface area contributed by atoms with Gasteiger partial charge < -0.3 is 19.6 Å². The summed E-state index contributed by atoms with van der Waals surface area (Å²) in [5.41, 5.74) is 5.89. The van der Waals surface area contributed by atoms with Crippen molar-refractivity contribution in [3.63, 3.8) is 0 Å². The number of carbonyl (C=O) groups is 1. The van der Waals surface area contributed by atoms with Gasteiger partial charge in [0.2, 0.25) is 0 Å². The van der Waals surface area contributed by atoms with Gasteiger partial charge in [0.05, 0.1) is 23.3 Å². The highest BCUT2D eigenvalue weighted by molar-refractivity contribution is 6.30. The average Bonchev–Trinajstić information content (AvgIpc) is 3.30. The van der Waals surface area contributed by atoms with Crippen LogP contribution in [0.2, 0.25) is 5.02 Å². The molecule has 0 fully saturated rings. The maximum atomic E-state index is 13.0. The number of aromatic nitrogens is 3. The van der Waals surface area contributed by atoms with Crippen LogP contribution in [0.1, 0.15) is 23.1 Å². The number of hydrogen-bond donors (Lipinski definition) is 2. The minimum Gasteiger partial charge on any atom is -0.461 e. The molecule has 0 saturated heterocycles. The van der Waals surface area contributed by atoms with Gasteiger partial charge >= 0.3 is 5.97 Å². The zero-order chi connectivity index (χ0) is 21.1. The molecule has 0 aliphatic heterocycles. The van der Waals surface area contributed by atoms with Crippen LogP contribution in [0.5, 0.6) is 0 Å². The number of fused-ring (bicyclic) bond motifs is 1. The van der Waals surface area contributed by atoms with Gasteiger partial charge in [0.25, 0.3) is 0 Å². The van der Waals surface area contributed by atoms with Crippen molar-refractivity contribution in [1.82, 2.24) is 14.5 Å². The molecule has 3 aromatic heterocycles. The number of rotatable bonds is 7. The molecule has 0 bridgehead atoms. The Morgan fingerprint density at radius 2 is 2.07 bits per heavy atom. The summed E-state index contributed by atoms with van der Waals surface area (Å²) in [5, 5.41) is 4.03. The molecule has 1 aromatic carbocycles. The maximum Gasteiger partial charge on any atom is 0.355 e. The molecule has 0 amide bonds. The predicted octanol–water partition coefficient (Wildman–Crippen LogP) is 5.28. The van der Waals surface area contributed by atoms with Crippen LogP contribution in [0.3, 0.4) is 0 Å². The zero-order valence-corrected chi connectivity index (χ0v) is 17.7. The molecule has 0 unspecified atom stereocenters. The summed E-state index contributed by atoms with van der Waals surface area (Å²) < 4.78 is 7.40. The van der Waals surface area contributed by atoms with E-state index in [4.69, 9.17) is 16.3 Å². The van der Waals surface area contributed by atoms with Crippen LogP contribution >= 0.6 is 11.6 Å². The van der Waals surface area contributed by atoms with Crippen molar-refractivity contribution in [3.8, 4) is 11.1 Å². The number of nitrogens with zero attached hydrogens (tertiary/aromatic N) is 2. The molecule has 0 saturated carbocycles. The fourth-order valence-electron chi connectivity index (χ4n) is 3.63. The number of hydrogen-bond acceptors (Lipinski definition) is 4. The average molecular weight is 423 g/mol. The lowest BCUT2D eigenvalue weighted by molar-refractivity contribution is 0.0515. The molecule has 0 radical (unpaired) electrons. The van der Waals surface area contributed by atoms with Crippen molar-refractivity contribution in [1.29, 1.82) is 0 Å². The molecule has 0 aliphatic rings. The van der Waals surface area contributed by atoms with Gasteiger partial charge in [-0.1, -0.05) is 23.7 Å². The number of halogens is 1. The number of anilines is 1. The van der Waals surface area contributed by atoms with Gasteiger partial charge in [0.15, 0.2) is 0 Å². The number of nitrogens with one attached hydrogen (secondary N) is 2. The number of aryl methyl sites for hydroxylation is 1. The van der Waals surface area contributed by atoms with Crippen LogP contribution in [-0.2, 0) is 11.3 Å². The molecule has 0 atom stereocenters. The Labute approximate surface area is 179 Å². The molecule has 0 spiro atoms. The molecule has 0 aliphatic carbocycles. The normalized spacial score (nSPS) is 11.0. The topological polar surface area (TPSA) is 71.9 Å². The molecule has 3 heterocycles. The lowest BCUT2D eigenvalue weighted by Gasteiger charge is -2.12. The largest absolute Gasteiger partial charge is 0.461 e. The van der Waals surface area contributed by atoms with E-state index in [1.165, 1.54) is 0 Å². The molecule has 4 aromatic rings. The van der Waals surface area contributed by atoms with E-state index in [1.54, 1.807) is 13.1 Å². The van der Waals surface area contributed by atoms with Crippen molar-refractivity contribution in [3.05, 3.63) is 71.3 Å². The van der Waals surface area contributed by atoms with Gasteiger partial charge in [0, 0.05) is 41.8 Å². The van der Waals surface area contributed by atoms with Crippen molar-refractivity contribution in [2.45, 2.75) is 20.4 Å². The van der Waals surface area contributed by atoms with Crippen molar-refractivity contribution in [2.24, 2.45) is 0 Å². The summed E-state index contributed by atoms with van der Waals surface area (Å²) in [6.45, 7) is 5.33. The lowest BCUT2D eigenvalue weighted by Crippen LogP contribution is -2.17. The van der Waals surface area contributed by atoms with Crippen molar-refractivity contribution < 1.29 is 9.53 Å². The van der Waals surface area contributed by atoms with Crippen LogP contribution in [0, 0.1) is 6.92 Å². The molecule has 4 rings (SSSR count). The number of ether oxygens (including phenoxy) is 1. The summed E-state index contributed by atoms with van der Waals surface area (Å²) in [6.07, 6.45) is 3.66. The van der Waals surface area contributed by atoms with Gasteiger partial charge in [-0.2, -0.15) is 0 Å². The highest BCUT2D eigenvalue weighted by Crippen LogP contribution is 2.35. The predicted molar refractivity (Wildman–Crippen MR) is 120 cm³/mol. The Morgan fingerprint density at radius 1 is 1.27 bits per heavy atom. The quantitative estimate of drug-likeness (QED) is 0.397. The Kier molecular flexibility index (Phi) is 5.77. The second-order valence-electron chi connectivity index (χ2n) is 6.97. The molecular weight excluding hydrogens is 400 g/mol. The fraction of sp³-hybridized carbons (Fsp3) is 0.217. The molecular formula is C23H23ClN4O2. The van der Waals surface area contributed by atoms with Crippen LogP contribution in [-0.4, -0.2) is 33.7 Å². The van der Waals surface area contributed by atoms with Gasteiger partial charge in [-0.25, -0.2) is 4.79 Å². The fourth-order valence-corrected chi connectivity index (χ4v) is 3.76. The number of carbonyl (C=O) groups excluding carboxylic acids is 1. The Bertz CT molecular complexity index is 1180. The molecule has 30 heavy (non-hydrogen) atoms. The van der Waals surface area contributed by atoms with E-state index in [-0.39, 0.29) is 5.97 Å². The van der Waals surface area contributed by atoms with E-state index in [0.717, 1.165) is 33.5 Å². The van der Waals surface area contributed by atoms with Crippen LogP contribution in [0.4, 0.5) is 5.69 Å². The van der Waals surface area contributed by atoms with E-state index in [0.29, 0.717) is 30.4 Å². The monoisotopic (exact) mass is 422 g/mol. The highest BCUT2D eigenvalue weighted by Gasteiger charge is 2.25. The second-order valence-corrected chi connectivity index (χ2v) is 7.41. The second kappa shape index (κ2) is 8.63. The first-order valence-electron chi connectivity index (χ1n) is 9.87. The number of aromatic amines is 1. The smallest absolute Gasteiger partial charge is 0.355 e. The highest BCUT2D eigenvalue weighted by atomic mass is 35.5. The van der Waals surface area contributed by atoms with Gasteiger partial charge in [-0.15, -0.1) is 0 Å². The SMILES string of the molecule is CCOC(=O)c1c(-c2ccc(Cl)cc2)c2ncccc2n1CCNc1c[nH]c(C)c1. The van der Waals surface area contributed by atoms with E-state index in [1.807, 2.05) is 60.2 Å². The zero-order valence-electron chi connectivity index (χ0n) is 16.9. The maximum absolute atomic E-state index is 13.0. The minimum absolute atomic E-state index is 0.300. The van der Waals surface area contributed by atoms with Crippen molar-refractivity contribution >= 4 is 34.3 Å². The lowest BCUT2D eigenvalue weighted by atomic mass is 10.0. The molecule has 154 valence electrons. The first-order valence-corrected chi connectivity index (χ1v) is 10.3.